The monoisotopic (exact) mass is 276 g/mol. The van der Waals surface area contributed by atoms with Crippen LogP contribution in [-0.4, -0.2) is 4.98 Å². The zero-order chi connectivity index (χ0) is 13.4. The van der Waals surface area contributed by atoms with Crippen LogP contribution in [-0.2, 0) is 0 Å². The molecule has 1 N–H and O–H groups in total. The molecular weight excluding hydrogens is 266 g/mol. The molecule has 0 aliphatic rings. The predicted octanol–water partition coefficient (Wildman–Crippen LogP) is 4.63. The van der Waals surface area contributed by atoms with Crippen molar-refractivity contribution in [1.29, 1.82) is 0 Å². The van der Waals surface area contributed by atoms with E-state index in [9.17, 15) is 8.78 Å². The van der Waals surface area contributed by atoms with E-state index < -0.39 is 0 Å². The minimum absolute atomic E-state index is 0.239. The van der Waals surface area contributed by atoms with Crippen LogP contribution in [0.5, 0.6) is 0 Å². The van der Waals surface area contributed by atoms with Gasteiger partial charge in [0.2, 0.25) is 0 Å². The summed E-state index contributed by atoms with van der Waals surface area (Å²) in [5.41, 5.74) is 1.95. The van der Waals surface area contributed by atoms with Crippen LogP contribution in [0.3, 0.4) is 0 Å². The lowest BCUT2D eigenvalue weighted by Crippen LogP contribution is -1.91. The molecule has 0 fully saturated rings. The first-order valence-corrected chi connectivity index (χ1v) is 6.53. The van der Waals surface area contributed by atoms with Crippen molar-refractivity contribution in [2.45, 2.75) is 6.92 Å². The number of aromatic nitrogens is 1. The Labute approximate surface area is 112 Å². The van der Waals surface area contributed by atoms with Gasteiger partial charge in [-0.2, -0.15) is 0 Å². The number of nitrogens with one attached hydrogen (secondary N) is 1. The Morgan fingerprint density at radius 3 is 2.74 bits per heavy atom. The van der Waals surface area contributed by atoms with Crippen LogP contribution in [0.15, 0.2) is 36.4 Å². The molecule has 0 bridgehead atoms. The smallest absolute Gasteiger partial charge is 0.188 e. The summed E-state index contributed by atoms with van der Waals surface area (Å²) in [6, 6.07) is 9.27. The first-order valence-electron chi connectivity index (χ1n) is 5.71. The van der Waals surface area contributed by atoms with E-state index in [-0.39, 0.29) is 11.6 Å². The number of nitrogens with zero attached hydrogens (tertiary/aromatic N) is 1. The van der Waals surface area contributed by atoms with Crippen molar-refractivity contribution in [2.24, 2.45) is 0 Å². The normalized spacial score (nSPS) is 10.9. The molecule has 0 spiro atoms. The molecule has 0 unspecified atom stereocenters. The third-order valence-electron chi connectivity index (χ3n) is 2.76. The average molecular weight is 276 g/mol. The highest BCUT2D eigenvalue weighted by atomic mass is 32.1. The predicted molar refractivity (Wildman–Crippen MR) is 74.0 cm³/mol. The van der Waals surface area contributed by atoms with Crippen molar-refractivity contribution >= 4 is 32.4 Å². The Morgan fingerprint density at radius 2 is 1.95 bits per heavy atom. The number of halogens is 2. The topological polar surface area (TPSA) is 24.9 Å². The molecule has 5 heteroatoms. The van der Waals surface area contributed by atoms with Gasteiger partial charge in [0.25, 0.3) is 0 Å². The highest BCUT2D eigenvalue weighted by molar-refractivity contribution is 7.22. The highest BCUT2D eigenvalue weighted by Crippen LogP contribution is 2.29. The molecule has 2 aromatic carbocycles. The van der Waals surface area contributed by atoms with Crippen LogP contribution in [0.4, 0.5) is 19.6 Å². The molecule has 0 radical (unpaired) electrons. The average Bonchev–Trinajstić information content (AvgIpc) is 2.75. The molecule has 3 aromatic rings. The molecule has 0 aliphatic heterocycles. The Morgan fingerprint density at radius 1 is 1.11 bits per heavy atom. The molecule has 0 atom stereocenters. The fraction of sp³-hybridized carbons (Fsp3) is 0.0714. The maximum atomic E-state index is 13.2. The first-order chi connectivity index (χ1) is 9.11. The second-order valence-corrected chi connectivity index (χ2v) is 5.25. The molecule has 3 rings (SSSR count). The fourth-order valence-electron chi connectivity index (χ4n) is 1.80. The molecule has 2 nitrogen and oxygen atoms in total. The number of aryl methyl sites for hydroxylation is 1. The summed E-state index contributed by atoms with van der Waals surface area (Å²) >= 11 is 1.43. The lowest BCUT2D eigenvalue weighted by molar-refractivity contribution is 0.619. The zero-order valence-corrected chi connectivity index (χ0v) is 10.9. The summed E-state index contributed by atoms with van der Waals surface area (Å²) < 4.78 is 27.1. The van der Waals surface area contributed by atoms with Crippen molar-refractivity contribution in [3.05, 3.63) is 53.6 Å². The maximum Gasteiger partial charge on any atom is 0.188 e. The summed E-state index contributed by atoms with van der Waals surface area (Å²) in [7, 11) is 0. The van der Waals surface area contributed by atoms with Gasteiger partial charge in [-0.3, -0.25) is 0 Å². The van der Waals surface area contributed by atoms with Gasteiger partial charge in [0.1, 0.15) is 11.6 Å². The van der Waals surface area contributed by atoms with Gasteiger partial charge in [0, 0.05) is 11.8 Å². The molecule has 0 amide bonds. The number of benzene rings is 2. The number of hydrogen-bond acceptors (Lipinski definition) is 3. The summed E-state index contributed by atoms with van der Waals surface area (Å²) in [5, 5.41) is 3.76. The van der Waals surface area contributed by atoms with E-state index in [0.717, 1.165) is 10.4 Å². The molecule has 0 saturated carbocycles. The molecule has 19 heavy (non-hydrogen) atoms. The van der Waals surface area contributed by atoms with E-state index in [1.807, 2.05) is 0 Å². The van der Waals surface area contributed by atoms with Crippen molar-refractivity contribution in [1.82, 2.24) is 4.98 Å². The standard InChI is InChI=1S/C14H10F2N2S/c1-8-6-10(3-4-11(8)16)17-14-18-12-7-9(15)2-5-13(12)19-14/h2-7H,1H3,(H,17,18). The fourth-order valence-corrected chi connectivity index (χ4v) is 2.67. The largest absolute Gasteiger partial charge is 0.332 e. The van der Waals surface area contributed by atoms with Gasteiger partial charge in [0.15, 0.2) is 5.13 Å². The van der Waals surface area contributed by atoms with Crippen molar-refractivity contribution in [3.8, 4) is 0 Å². The molecule has 1 aromatic heterocycles. The van der Waals surface area contributed by atoms with Crippen LogP contribution < -0.4 is 5.32 Å². The van der Waals surface area contributed by atoms with Crippen LogP contribution >= 0.6 is 11.3 Å². The Kier molecular flexibility index (Phi) is 2.91. The van der Waals surface area contributed by atoms with E-state index in [2.05, 4.69) is 10.3 Å². The maximum absolute atomic E-state index is 13.2. The summed E-state index contributed by atoms with van der Waals surface area (Å²) in [4.78, 5) is 4.29. The van der Waals surface area contributed by atoms with Crippen molar-refractivity contribution in [2.75, 3.05) is 5.32 Å². The summed E-state index contributed by atoms with van der Waals surface area (Å²) in [6.07, 6.45) is 0. The lowest BCUT2D eigenvalue weighted by Gasteiger charge is -2.03. The number of hydrogen-bond donors (Lipinski definition) is 1. The molecule has 0 saturated heterocycles. The first kappa shape index (κ1) is 12.0. The minimum atomic E-state index is -0.304. The van der Waals surface area contributed by atoms with E-state index in [1.54, 1.807) is 25.1 Å². The van der Waals surface area contributed by atoms with Crippen LogP contribution in [0, 0.1) is 18.6 Å². The number of fused-ring (bicyclic) bond motifs is 1. The van der Waals surface area contributed by atoms with Gasteiger partial charge in [-0.15, -0.1) is 0 Å². The van der Waals surface area contributed by atoms with Crippen LogP contribution in [0.25, 0.3) is 10.2 Å². The van der Waals surface area contributed by atoms with Gasteiger partial charge in [-0.05, 0) is 42.8 Å². The van der Waals surface area contributed by atoms with Gasteiger partial charge >= 0.3 is 0 Å². The lowest BCUT2D eigenvalue weighted by atomic mass is 10.2. The van der Waals surface area contributed by atoms with Gasteiger partial charge < -0.3 is 5.32 Å². The third-order valence-corrected chi connectivity index (χ3v) is 3.71. The number of thiazole rings is 1. The second-order valence-electron chi connectivity index (χ2n) is 4.22. The van der Waals surface area contributed by atoms with Crippen molar-refractivity contribution < 1.29 is 8.78 Å². The second kappa shape index (κ2) is 4.59. The third kappa shape index (κ3) is 2.42. The SMILES string of the molecule is Cc1cc(Nc2nc3cc(F)ccc3s2)ccc1F. The van der Waals surface area contributed by atoms with Gasteiger partial charge in [0.05, 0.1) is 10.2 Å². The van der Waals surface area contributed by atoms with E-state index in [4.69, 9.17) is 0 Å². The van der Waals surface area contributed by atoms with Crippen molar-refractivity contribution in [3.63, 3.8) is 0 Å². The Bertz CT molecular complexity index is 752. The highest BCUT2D eigenvalue weighted by Gasteiger charge is 2.06. The van der Waals surface area contributed by atoms with E-state index in [0.29, 0.717) is 16.2 Å². The molecule has 96 valence electrons. The Hall–Kier alpha value is -2.01. The van der Waals surface area contributed by atoms with Crippen LogP contribution in [0.2, 0.25) is 0 Å². The Balaban J connectivity index is 1.94. The van der Waals surface area contributed by atoms with Gasteiger partial charge in [-0.1, -0.05) is 11.3 Å². The van der Waals surface area contributed by atoms with Crippen LogP contribution in [0.1, 0.15) is 5.56 Å². The van der Waals surface area contributed by atoms with E-state index >= 15 is 0 Å². The zero-order valence-electron chi connectivity index (χ0n) is 10.1. The quantitative estimate of drug-likeness (QED) is 0.738. The summed E-state index contributed by atoms with van der Waals surface area (Å²) in [6.45, 7) is 1.70. The molecular formula is C14H10F2N2S. The summed E-state index contributed by atoms with van der Waals surface area (Å²) in [5.74, 6) is -0.543. The molecule has 1 heterocycles. The van der Waals surface area contributed by atoms with E-state index in [1.165, 1.54) is 29.5 Å². The number of anilines is 2. The molecule has 0 aliphatic carbocycles. The van der Waals surface area contributed by atoms with Gasteiger partial charge in [-0.25, -0.2) is 13.8 Å². The number of rotatable bonds is 2. The minimum Gasteiger partial charge on any atom is -0.332 e.